The number of esters is 2. The quantitative estimate of drug-likeness (QED) is 0.0342. The van der Waals surface area contributed by atoms with Gasteiger partial charge < -0.3 is 14.2 Å². The number of benzene rings is 4. The fourth-order valence-electron chi connectivity index (χ4n) is 9.76. The maximum Gasteiger partial charge on any atom is 0.335 e. The topological polar surface area (TPSA) is 61.8 Å². The van der Waals surface area contributed by atoms with Crippen molar-refractivity contribution in [3.8, 4) is 11.5 Å². The van der Waals surface area contributed by atoms with Crippen LogP contribution in [0.4, 0.5) is 0 Å². The van der Waals surface area contributed by atoms with Crippen LogP contribution in [0.25, 0.3) is 0 Å². The second-order valence-corrected chi connectivity index (χ2v) is 17.6. The number of ether oxygens (including phenoxy) is 3. The number of carbonyl (C=O) groups is 2. The van der Waals surface area contributed by atoms with E-state index in [1.807, 2.05) is 24.3 Å². The lowest BCUT2D eigenvalue weighted by atomic mass is 9.62. The smallest absolute Gasteiger partial charge is 0.335 e. The van der Waals surface area contributed by atoms with Crippen molar-refractivity contribution in [2.24, 2.45) is 17.8 Å². The molecule has 2 saturated carbocycles. The molecule has 60 heavy (non-hydrogen) atoms. The Labute approximate surface area is 360 Å². The van der Waals surface area contributed by atoms with Gasteiger partial charge in [0.25, 0.3) is 0 Å². The van der Waals surface area contributed by atoms with E-state index in [0.29, 0.717) is 19.0 Å². The SMILES string of the molecule is C=CC(=O)OCCCCCCOc1ccc(Cc2ccc(C3(c4ccc(Cc5ccc(OC(=O)C=C)cc5)cc4)CCC(CCC4CCC(CCC)CC4)CC3)cc2)cc1. The predicted molar refractivity (Wildman–Crippen MR) is 245 cm³/mol. The van der Waals surface area contributed by atoms with Crippen LogP contribution in [0, 0.1) is 17.8 Å². The first-order chi connectivity index (χ1) is 29.3. The van der Waals surface area contributed by atoms with Crippen molar-refractivity contribution in [3.63, 3.8) is 0 Å². The number of hydrogen-bond acceptors (Lipinski definition) is 5. The molecule has 0 heterocycles. The Morgan fingerprint density at radius 3 is 1.47 bits per heavy atom. The maximum absolute atomic E-state index is 11.6. The molecule has 6 rings (SSSR count). The highest BCUT2D eigenvalue weighted by molar-refractivity contribution is 5.83. The molecule has 0 atom stereocenters. The molecule has 2 fully saturated rings. The zero-order chi connectivity index (χ0) is 42.0. The van der Waals surface area contributed by atoms with Crippen molar-refractivity contribution in [1.29, 1.82) is 0 Å². The Hall–Kier alpha value is -4.90. The molecule has 5 nitrogen and oxygen atoms in total. The van der Waals surface area contributed by atoms with E-state index in [1.54, 1.807) is 0 Å². The summed E-state index contributed by atoms with van der Waals surface area (Å²) < 4.78 is 16.3. The standard InChI is InChI=1S/C55H68O5/c1-4-11-42-12-14-43(15-13-42)16-17-44-34-36-55(37-35-44,50-28-20-46(21-29-50)41-48-24-32-52(33-25-48)60-54(57)6-3)49-26-18-45(19-27-49)40-47-22-30-51(31-23-47)58-38-9-7-8-10-39-59-53(56)5-2/h5-6,18-33,42-44H,2-4,7-17,34-41H2,1H3. The van der Waals surface area contributed by atoms with E-state index in [9.17, 15) is 9.59 Å². The summed E-state index contributed by atoms with van der Waals surface area (Å²) >= 11 is 0. The minimum Gasteiger partial charge on any atom is -0.494 e. The highest BCUT2D eigenvalue weighted by Crippen LogP contribution is 2.48. The van der Waals surface area contributed by atoms with Gasteiger partial charge in [-0.2, -0.15) is 0 Å². The molecule has 0 amide bonds. The van der Waals surface area contributed by atoms with Crippen LogP contribution >= 0.6 is 0 Å². The van der Waals surface area contributed by atoms with E-state index in [0.717, 1.165) is 62.0 Å². The van der Waals surface area contributed by atoms with Crippen LogP contribution in [0.5, 0.6) is 11.5 Å². The molecular formula is C55H68O5. The number of hydrogen-bond donors (Lipinski definition) is 0. The van der Waals surface area contributed by atoms with Gasteiger partial charge in [0.15, 0.2) is 0 Å². The van der Waals surface area contributed by atoms with Gasteiger partial charge in [0.1, 0.15) is 11.5 Å². The van der Waals surface area contributed by atoms with Crippen LogP contribution in [0.1, 0.15) is 143 Å². The molecule has 0 aromatic heterocycles. The van der Waals surface area contributed by atoms with Gasteiger partial charge in [0, 0.05) is 17.6 Å². The van der Waals surface area contributed by atoms with Gasteiger partial charge in [-0.3, -0.25) is 0 Å². The summed E-state index contributed by atoms with van der Waals surface area (Å²) in [5, 5.41) is 0. The molecule has 5 heteroatoms. The zero-order valence-corrected chi connectivity index (χ0v) is 36.2. The van der Waals surface area contributed by atoms with Gasteiger partial charge in [-0.15, -0.1) is 0 Å². The van der Waals surface area contributed by atoms with Crippen LogP contribution in [0.2, 0.25) is 0 Å². The molecule has 2 aliphatic rings. The van der Waals surface area contributed by atoms with Crippen LogP contribution in [0.15, 0.2) is 122 Å². The van der Waals surface area contributed by atoms with Crippen LogP contribution < -0.4 is 9.47 Å². The van der Waals surface area contributed by atoms with Gasteiger partial charge in [-0.1, -0.05) is 144 Å². The number of unbranched alkanes of at least 4 members (excludes halogenated alkanes) is 3. The third kappa shape index (κ3) is 13.3. The highest BCUT2D eigenvalue weighted by atomic mass is 16.5. The molecule has 0 unspecified atom stereocenters. The fourth-order valence-corrected chi connectivity index (χ4v) is 9.76. The van der Waals surface area contributed by atoms with Crippen molar-refractivity contribution >= 4 is 11.9 Å². The Bertz CT molecular complexity index is 1910. The van der Waals surface area contributed by atoms with Crippen LogP contribution in [-0.4, -0.2) is 25.2 Å². The predicted octanol–water partition coefficient (Wildman–Crippen LogP) is 13.5. The van der Waals surface area contributed by atoms with Crippen molar-refractivity contribution in [3.05, 3.63) is 156 Å². The van der Waals surface area contributed by atoms with E-state index in [1.165, 1.54) is 123 Å². The molecular weight excluding hydrogens is 741 g/mol. The molecule has 0 radical (unpaired) electrons. The minimum atomic E-state index is -0.444. The zero-order valence-electron chi connectivity index (χ0n) is 36.2. The molecule has 0 saturated heterocycles. The second kappa shape index (κ2) is 23.2. The molecule has 4 aromatic rings. The molecule has 0 spiro atoms. The summed E-state index contributed by atoms with van der Waals surface area (Å²) in [5.74, 6) is 3.39. The highest BCUT2D eigenvalue weighted by Gasteiger charge is 2.38. The summed E-state index contributed by atoms with van der Waals surface area (Å²) in [5.41, 5.74) is 7.95. The third-order valence-corrected chi connectivity index (χ3v) is 13.4. The van der Waals surface area contributed by atoms with Crippen molar-refractivity contribution in [2.45, 2.75) is 128 Å². The summed E-state index contributed by atoms with van der Waals surface area (Å²) in [6.07, 6.45) is 24.3. The Morgan fingerprint density at radius 1 is 0.550 bits per heavy atom. The van der Waals surface area contributed by atoms with E-state index in [-0.39, 0.29) is 11.4 Å². The second-order valence-electron chi connectivity index (χ2n) is 17.6. The number of rotatable bonds is 22. The van der Waals surface area contributed by atoms with Gasteiger partial charge in [0.2, 0.25) is 0 Å². The maximum atomic E-state index is 11.6. The molecule has 4 aromatic carbocycles. The average Bonchev–Trinajstić information content (AvgIpc) is 3.29. The Morgan fingerprint density at radius 2 is 0.983 bits per heavy atom. The fraction of sp³-hybridized carbons (Fsp3) is 0.455. The summed E-state index contributed by atoms with van der Waals surface area (Å²) in [7, 11) is 0. The third-order valence-electron chi connectivity index (χ3n) is 13.4. The minimum absolute atomic E-state index is 0.0137. The van der Waals surface area contributed by atoms with Crippen molar-refractivity contribution in [2.75, 3.05) is 13.2 Å². The molecule has 2 aliphatic carbocycles. The van der Waals surface area contributed by atoms with Crippen molar-refractivity contribution in [1.82, 2.24) is 0 Å². The van der Waals surface area contributed by atoms with Crippen LogP contribution in [0.3, 0.4) is 0 Å². The monoisotopic (exact) mass is 809 g/mol. The van der Waals surface area contributed by atoms with E-state index in [4.69, 9.17) is 14.2 Å². The lowest BCUT2D eigenvalue weighted by Crippen LogP contribution is -2.33. The van der Waals surface area contributed by atoms with E-state index >= 15 is 0 Å². The first-order valence-corrected chi connectivity index (χ1v) is 23.0. The lowest BCUT2D eigenvalue weighted by Gasteiger charge is -2.42. The first kappa shape index (κ1) is 44.6. The van der Waals surface area contributed by atoms with Crippen LogP contribution in [-0.2, 0) is 32.6 Å². The molecule has 0 bridgehead atoms. The number of carbonyl (C=O) groups excluding carboxylic acids is 2. The average molecular weight is 809 g/mol. The lowest BCUT2D eigenvalue weighted by molar-refractivity contribution is -0.137. The van der Waals surface area contributed by atoms with Gasteiger partial charge >= 0.3 is 11.9 Å². The Balaban J connectivity index is 1.06. The molecule has 0 N–H and O–H groups in total. The normalized spacial score (nSPS) is 20.2. The van der Waals surface area contributed by atoms with E-state index < -0.39 is 5.97 Å². The molecule has 318 valence electrons. The first-order valence-electron chi connectivity index (χ1n) is 23.0. The Kier molecular flexibility index (Phi) is 17.3. The van der Waals surface area contributed by atoms with Gasteiger partial charge in [-0.05, 0) is 140 Å². The van der Waals surface area contributed by atoms with Gasteiger partial charge in [-0.25, -0.2) is 9.59 Å². The largest absolute Gasteiger partial charge is 0.494 e. The van der Waals surface area contributed by atoms with Gasteiger partial charge in [0.05, 0.1) is 13.2 Å². The molecule has 0 aliphatic heterocycles. The summed E-state index contributed by atoms with van der Waals surface area (Å²) in [4.78, 5) is 22.8. The van der Waals surface area contributed by atoms with Crippen molar-refractivity contribution < 1.29 is 23.8 Å². The summed E-state index contributed by atoms with van der Waals surface area (Å²) in [6.45, 7) is 10.4. The summed E-state index contributed by atoms with van der Waals surface area (Å²) in [6, 6.07) is 35.3. The van der Waals surface area contributed by atoms with E-state index in [2.05, 4.69) is 92.9 Å².